The van der Waals surface area contributed by atoms with Crippen LogP contribution in [0.2, 0.25) is 0 Å². The van der Waals surface area contributed by atoms with E-state index < -0.39 is 0 Å². The Balaban J connectivity index is 0.00000338. The minimum atomic E-state index is 0. The third-order valence-corrected chi connectivity index (χ3v) is 4.50. The average Bonchev–Trinajstić information content (AvgIpc) is 3.31. The number of nitrogens with zero attached hydrogens (tertiary/aromatic N) is 1. The molecular formula is C18H32IN3O3S. The second-order valence-electron chi connectivity index (χ2n) is 5.97. The summed E-state index contributed by atoms with van der Waals surface area (Å²) in [6.07, 6.45) is 8.16. The quantitative estimate of drug-likeness (QED) is 0.200. The Kier molecular flexibility index (Phi) is 14.1. The van der Waals surface area contributed by atoms with Crippen molar-refractivity contribution < 1.29 is 13.9 Å². The Morgan fingerprint density at radius 3 is 3.00 bits per heavy atom. The van der Waals surface area contributed by atoms with Crippen molar-refractivity contribution in [3.8, 4) is 0 Å². The van der Waals surface area contributed by atoms with Gasteiger partial charge in [-0.25, -0.2) is 0 Å². The maximum atomic E-state index is 5.68. The van der Waals surface area contributed by atoms with Gasteiger partial charge < -0.3 is 24.5 Å². The molecule has 0 aliphatic carbocycles. The lowest BCUT2D eigenvalue weighted by molar-refractivity contribution is 0.0171. The SMILES string of the molecule is CSCCNC(=NCCCOCC1CCCO1)NCCc1ccco1.I. The van der Waals surface area contributed by atoms with Crippen molar-refractivity contribution in [2.75, 3.05) is 51.5 Å². The van der Waals surface area contributed by atoms with Gasteiger partial charge in [0, 0.05) is 45.0 Å². The molecule has 2 rings (SSSR count). The largest absolute Gasteiger partial charge is 0.469 e. The van der Waals surface area contributed by atoms with Crippen LogP contribution in [-0.4, -0.2) is 63.5 Å². The van der Waals surface area contributed by atoms with E-state index in [9.17, 15) is 0 Å². The average molecular weight is 497 g/mol. The maximum Gasteiger partial charge on any atom is 0.191 e. The summed E-state index contributed by atoms with van der Waals surface area (Å²) in [5.74, 6) is 2.90. The molecular weight excluding hydrogens is 465 g/mol. The summed E-state index contributed by atoms with van der Waals surface area (Å²) in [5.41, 5.74) is 0. The highest BCUT2D eigenvalue weighted by atomic mass is 127. The summed E-state index contributed by atoms with van der Waals surface area (Å²) in [6, 6.07) is 3.91. The molecule has 0 spiro atoms. The van der Waals surface area contributed by atoms with Crippen molar-refractivity contribution >= 4 is 41.7 Å². The van der Waals surface area contributed by atoms with Crippen molar-refractivity contribution in [1.82, 2.24) is 10.6 Å². The fourth-order valence-corrected chi connectivity index (χ4v) is 2.86. The van der Waals surface area contributed by atoms with Crippen LogP contribution < -0.4 is 10.6 Å². The highest BCUT2D eigenvalue weighted by Gasteiger charge is 2.14. The van der Waals surface area contributed by atoms with Gasteiger partial charge in [0.2, 0.25) is 0 Å². The van der Waals surface area contributed by atoms with Crippen molar-refractivity contribution in [3.05, 3.63) is 24.2 Å². The monoisotopic (exact) mass is 497 g/mol. The molecule has 0 amide bonds. The van der Waals surface area contributed by atoms with E-state index in [0.717, 1.165) is 76.0 Å². The first-order valence-corrected chi connectivity index (χ1v) is 10.5. The molecule has 1 atom stereocenters. The summed E-state index contributed by atoms with van der Waals surface area (Å²) in [5, 5.41) is 6.72. The molecule has 1 saturated heterocycles. The zero-order chi connectivity index (χ0) is 17.6. The van der Waals surface area contributed by atoms with Crippen LogP contribution in [0.15, 0.2) is 27.8 Å². The Hall–Kier alpha value is -0.450. The Morgan fingerprint density at radius 2 is 2.27 bits per heavy atom. The Morgan fingerprint density at radius 1 is 1.38 bits per heavy atom. The van der Waals surface area contributed by atoms with Crippen LogP contribution in [0.5, 0.6) is 0 Å². The number of guanidine groups is 1. The minimum absolute atomic E-state index is 0. The first-order chi connectivity index (χ1) is 12.4. The highest BCUT2D eigenvalue weighted by Crippen LogP contribution is 2.11. The molecule has 1 aromatic heterocycles. The predicted octanol–water partition coefficient (Wildman–Crippen LogP) is 2.92. The molecule has 0 saturated carbocycles. The van der Waals surface area contributed by atoms with Gasteiger partial charge in [0.05, 0.1) is 19.0 Å². The number of ether oxygens (including phenoxy) is 2. The van der Waals surface area contributed by atoms with E-state index in [0.29, 0.717) is 12.7 Å². The van der Waals surface area contributed by atoms with E-state index in [2.05, 4.69) is 21.9 Å². The third kappa shape index (κ3) is 10.6. The first kappa shape index (κ1) is 23.6. The molecule has 1 aliphatic rings. The standard InChI is InChI=1S/C18H31N3O3S.HI/c1-25-14-10-21-18(20-9-7-16-5-2-12-23-16)19-8-4-11-22-15-17-6-3-13-24-17;/h2,5,12,17H,3-4,6-11,13-15H2,1H3,(H2,19,20,21);1H. The van der Waals surface area contributed by atoms with Crippen molar-refractivity contribution in [1.29, 1.82) is 0 Å². The van der Waals surface area contributed by atoms with Gasteiger partial charge in [-0.05, 0) is 37.7 Å². The number of aliphatic imine (C=N–C) groups is 1. The molecule has 0 aromatic carbocycles. The van der Waals surface area contributed by atoms with Gasteiger partial charge in [-0.1, -0.05) is 0 Å². The smallest absolute Gasteiger partial charge is 0.191 e. The summed E-state index contributed by atoms with van der Waals surface area (Å²) < 4.78 is 16.6. The normalized spacial score (nSPS) is 17.1. The van der Waals surface area contributed by atoms with Gasteiger partial charge in [-0.3, -0.25) is 4.99 Å². The number of hydrogen-bond acceptors (Lipinski definition) is 5. The molecule has 1 fully saturated rings. The second kappa shape index (κ2) is 15.6. The number of furan rings is 1. The summed E-state index contributed by atoms with van der Waals surface area (Å²) in [7, 11) is 0. The van der Waals surface area contributed by atoms with Crippen LogP contribution in [0.3, 0.4) is 0 Å². The van der Waals surface area contributed by atoms with E-state index in [-0.39, 0.29) is 24.0 Å². The molecule has 150 valence electrons. The van der Waals surface area contributed by atoms with Crippen LogP contribution in [-0.2, 0) is 15.9 Å². The molecule has 1 aliphatic heterocycles. The highest BCUT2D eigenvalue weighted by molar-refractivity contribution is 14.0. The zero-order valence-electron chi connectivity index (χ0n) is 15.6. The number of halogens is 1. The molecule has 6 nitrogen and oxygen atoms in total. The molecule has 2 heterocycles. The fraction of sp³-hybridized carbons (Fsp3) is 0.722. The maximum absolute atomic E-state index is 5.68. The lowest BCUT2D eigenvalue weighted by Crippen LogP contribution is -2.39. The second-order valence-corrected chi connectivity index (χ2v) is 6.96. The molecule has 0 bridgehead atoms. The predicted molar refractivity (Wildman–Crippen MR) is 119 cm³/mol. The van der Waals surface area contributed by atoms with Crippen molar-refractivity contribution in [2.45, 2.75) is 31.8 Å². The molecule has 1 unspecified atom stereocenters. The van der Waals surface area contributed by atoms with Crippen molar-refractivity contribution in [2.24, 2.45) is 4.99 Å². The van der Waals surface area contributed by atoms with E-state index in [1.54, 1.807) is 6.26 Å². The summed E-state index contributed by atoms with van der Waals surface area (Å²) in [6.45, 7) is 4.78. The Labute approximate surface area is 178 Å². The van der Waals surface area contributed by atoms with Gasteiger partial charge in [-0.2, -0.15) is 11.8 Å². The number of rotatable bonds is 12. The van der Waals surface area contributed by atoms with Crippen LogP contribution in [0.4, 0.5) is 0 Å². The lowest BCUT2D eigenvalue weighted by Gasteiger charge is -2.12. The van der Waals surface area contributed by atoms with Crippen LogP contribution >= 0.6 is 35.7 Å². The molecule has 26 heavy (non-hydrogen) atoms. The molecule has 2 N–H and O–H groups in total. The third-order valence-electron chi connectivity index (χ3n) is 3.89. The van der Waals surface area contributed by atoms with Gasteiger partial charge in [-0.15, -0.1) is 24.0 Å². The van der Waals surface area contributed by atoms with Gasteiger partial charge in [0.15, 0.2) is 5.96 Å². The number of hydrogen-bond donors (Lipinski definition) is 2. The molecule has 8 heteroatoms. The topological polar surface area (TPSA) is 68.0 Å². The van der Waals surface area contributed by atoms with Crippen LogP contribution in [0.1, 0.15) is 25.0 Å². The summed E-state index contributed by atoms with van der Waals surface area (Å²) >= 11 is 1.82. The van der Waals surface area contributed by atoms with E-state index in [4.69, 9.17) is 13.9 Å². The van der Waals surface area contributed by atoms with Crippen LogP contribution in [0, 0.1) is 0 Å². The fourth-order valence-electron chi connectivity index (χ4n) is 2.55. The van der Waals surface area contributed by atoms with E-state index in [1.165, 1.54) is 0 Å². The Bertz CT molecular complexity index is 468. The molecule has 0 radical (unpaired) electrons. The van der Waals surface area contributed by atoms with E-state index in [1.807, 2.05) is 23.9 Å². The van der Waals surface area contributed by atoms with Gasteiger partial charge >= 0.3 is 0 Å². The number of nitrogens with one attached hydrogen (secondary N) is 2. The van der Waals surface area contributed by atoms with Crippen LogP contribution in [0.25, 0.3) is 0 Å². The van der Waals surface area contributed by atoms with E-state index >= 15 is 0 Å². The first-order valence-electron chi connectivity index (χ1n) is 9.11. The van der Waals surface area contributed by atoms with Gasteiger partial charge in [0.1, 0.15) is 5.76 Å². The van der Waals surface area contributed by atoms with Gasteiger partial charge in [0.25, 0.3) is 0 Å². The number of thioether (sulfide) groups is 1. The zero-order valence-corrected chi connectivity index (χ0v) is 18.7. The molecule has 1 aromatic rings. The minimum Gasteiger partial charge on any atom is -0.469 e. The van der Waals surface area contributed by atoms with Crippen molar-refractivity contribution in [3.63, 3.8) is 0 Å². The lowest BCUT2D eigenvalue weighted by atomic mass is 10.2. The summed E-state index contributed by atoms with van der Waals surface area (Å²) in [4.78, 5) is 4.63.